The molecule has 2 heterocycles. The molecule has 3 N–H and O–H groups in total. The van der Waals surface area contributed by atoms with Gasteiger partial charge in [0.15, 0.2) is 21.7 Å². The van der Waals surface area contributed by atoms with Gasteiger partial charge >= 0.3 is 0 Å². The standard InChI is InChI=1S/C20H25FN6O4S2/c1-12(10-28)22-16-8-17(26-33(29,30)18-9-27(3)13(2)23-18)25-20(24-16)32-11-14-6-5-7-15(31-4)19(14)21/h5-9,12,28H,10-11H2,1-4H3,(H2,22,24,25,26)/t12-/m1/s1. The molecule has 0 aliphatic carbocycles. The molecule has 0 fully saturated rings. The number of hydrogen-bond acceptors (Lipinski definition) is 9. The van der Waals surface area contributed by atoms with E-state index in [0.717, 1.165) is 11.8 Å². The highest BCUT2D eigenvalue weighted by molar-refractivity contribution is 7.98. The van der Waals surface area contributed by atoms with E-state index < -0.39 is 15.8 Å². The van der Waals surface area contributed by atoms with Crippen LogP contribution in [0, 0.1) is 12.7 Å². The second-order valence-electron chi connectivity index (χ2n) is 7.21. The van der Waals surface area contributed by atoms with Gasteiger partial charge in [0.25, 0.3) is 10.0 Å². The van der Waals surface area contributed by atoms with Crippen LogP contribution < -0.4 is 14.8 Å². The van der Waals surface area contributed by atoms with Gasteiger partial charge in [-0.15, -0.1) is 0 Å². The maximum Gasteiger partial charge on any atom is 0.282 e. The third kappa shape index (κ3) is 6.12. The first-order chi connectivity index (χ1) is 15.6. The van der Waals surface area contributed by atoms with E-state index in [1.807, 2.05) is 0 Å². The van der Waals surface area contributed by atoms with E-state index in [1.54, 1.807) is 37.6 Å². The second-order valence-corrected chi connectivity index (χ2v) is 9.79. The summed E-state index contributed by atoms with van der Waals surface area (Å²) in [6.45, 7) is 3.27. The van der Waals surface area contributed by atoms with Crippen LogP contribution in [0.25, 0.3) is 0 Å². The number of halogens is 1. The van der Waals surface area contributed by atoms with Crippen LogP contribution in [0.1, 0.15) is 18.3 Å². The highest BCUT2D eigenvalue weighted by atomic mass is 32.2. The fraction of sp³-hybridized carbons (Fsp3) is 0.350. The lowest BCUT2D eigenvalue weighted by molar-refractivity contribution is 0.281. The number of sulfonamides is 1. The van der Waals surface area contributed by atoms with E-state index in [-0.39, 0.29) is 40.2 Å². The molecule has 13 heteroatoms. The van der Waals surface area contributed by atoms with Crippen LogP contribution in [0.15, 0.2) is 40.6 Å². The molecular weight excluding hydrogens is 471 g/mol. The normalized spacial score (nSPS) is 12.4. The van der Waals surface area contributed by atoms with Crippen molar-refractivity contribution in [1.82, 2.24) is 19.5 Å². The SMILES string of the molecule is COc1cccc(CSc2nc(N[C@H](C)CO)cc(NS(=O)(=O)c3cn(C)c(C)n3)n2)c1F. The van der Waals surface area contributed by atoms with Crippen LogP contribution in [0.2, 0.25) is 0 Å². The number of hydrogen-bond donors (Lipinski definition) is 3. The predicted octanol–water partition coefficient (Wildman–Crippen LogP) is 2.55. The molecule has 2 aromatic heterocycles. The summed E-state index contributed by atoms with van der Waals surface area (Å²) in [6.07, 6.45) is 1.40. The van der Waals surface area contributed by atoms with Gasteiger partial charge in [-0.2, -0.15) is 8.42 Å². The van der Waals surface area contributed by atoms with Crippen LogP contribution in [0.4, 0.5) is 16.0 Å². The van der Waals surface area contributed by atoms with E-state index in [1.165, 1.54) is 25.4 Å². The molecule has 3 rings (SSSR count). The number of nitrogens with zero attached hydrogens (tertiary/aromatic N) is 4. The molecule has 3 aromatic rings. The molecule has 0 saturated heterocycles. The van der Waals surface area contributed by atoms with Crippen LogP contribution in [0.3, 0.4) is 0 Å². The van der Waals surface area contributed by atoms with E-state index in [4.69, 9.17) is 4.74 Å². The van der Waals surface area contributed by atoms with Gasteiger partial charge in [0.2, 0.25) is 0 Å². The molecule has 0 aliphatic heterocycles. The zero-order chi connectivity index (χ0) is 24.2. The van der Waals surface area contributed by atoms with Crippen molar-refractivity contribution in [2.45, 2.75) is 35.8 Å². The van der Waals surface area contributed by atoms with Gasteiger partial charge in [0.05, 0.1) is 13.7 Å². The van der Waals surface area contributed by atoms with Crippen molar-refractivity contribution in [2.75, 3.05) is 23.8 Å². The number of aliphatic hydroxyl groups excluding tert-OH is 1. The first kappa shape index (κ1) is 24.7. The number of benzene rings is 1. The molecule has 0 radical (unpaired) electrons. The molecule has 178 valence electrons. The summed E-state index contributed by atoms with van der Waals surface area (Å²) >= 11 is 1.12. The number of aromatic nitrogens is 4. The molecule has 0 spiro atoms. The third-order valence-electron chi connectivity index (χ3n) is 4.59. The number of imidazole rings is 1. The number of ether oxygens (including phenoxy) is 1. The Morgan fingerprint density at radius 2 is 2.00 bits per heavy atom. The molecule has 0 saturated carbocycles. The fourth-order valence-corrected chi connectivity index (χ4v) is 4.59. The summed E-state index contributed by atoms with van der Waals surface area (Å²) < 4.78 is 49.1. The van der Waals surface area contributed by atoms with Gasteiger partial charge < -0.3 is 19.7 Å². The zero-order valence-electron chi connectivity index (χ0n) is 18.5. The van der Waals surface area contributed by atoms with E-state index in [2.05, 4.69) is 25.0 Å². The minimum atomic E-state index is -4.00. The van der Waals surface area contributed by atoms with Crippen molar-refractivity contribution >= 4 is 33.4 Å². The van der Waals surface area contributed by atoms with Gasteiger partial charge in [-0.3, -0.25) is 4.72 Å². The first-order valence-electron chi connectivity index (χ1n) is 9.86. The summed E-state index contributed by atoms with van der Waals surface area (Å²) in [5, 5.41) is 12.4. The fourth-order valence-electron chi connectivity index (χ4n) is 2.73. The number of nitrogens with one attached hydrogen (secondary N) is 2. The topological polar surface area (TPSA) is 131 Å². The Morgan fingerprint density at radius 1 is 1.27 bits per heavy atom. The molecule has 1 aromatic carbocycles. The molecule has 0 aliphatic rings. The molecule has 1 atom stereocenters. The minimum absolute atomic E-state index is 0.00885. The Bertz CT molecular complexity index is 1220. The average Bonchev–Trinajstić information content (AvgIpc) is 3.11. The summed E-state index contributed by atoms with van der Waals surface area (Å²) in [6, 6.07) is 5.89. The van der Waals surface area contributed by atoms with Crippen molar-refractivity contribution in [1.29, 1.82) is 0 Å². The number of methoxy groups -OCH3 is 1. The number of aryl methyl sites for hydroxylation is 2. The monoisotopic (exact) mass is 496 g/mol. The molecule has 0 unspecified atom stereocenters. The van der Waals surface area contributed by atoms with Crippen molar-refractivity contribution in [3.8, 4) is 5.75 Å². The quantitative estimate of drug-likeness (QED) is 0.286. The lowest BCUT2D eigenvalue weighted by Crippen LogP contribution is -2.21. The van der Waals surface area contributed by atoms with Gasteiger partial charge in [0, 0.05) is 36.7 Å². The second kappa shape index (κ2) is 10.4. The van der Waals surface area contributed by atoms with Crippen molar-refractivity contribution in [3.05, 3.63) is 47.7 Å². The highest BCUT2D eigenvalue weighted by Gasteiger charge is 2.21. The van der Waals surface area contributed by atoms with Crippen molar-refractivity contribution in [2.24, 2.45) is 7.05 Å². The van der Waals surface area contributed by atoms with Gasteiger partial charge in [-0.25, -0.2) is 19.3 Å². The largest absolute Gasteiger partial charge is 0.494 e. The van der Waals surface area contributed by atoms with E-state index >= 15 is 0 Å². The van der Waals surface area contributed by atoms with Gasteiger partial charge in [-0.1, -0.05) is 23.9 Å². The van der Waals surface area contributed by atoms with E-state index in [9.17, 15) is 17.9 Å². The Labute approximate surface area is 195 Å². The van der Waals surface area contributed by atoms with Crippen LogP contribution >= 0.6 is 11.8 Å². The third-order valence-corrected chi connectivity index (χ3v) is 6.72. The summed E-state index contributed by atoms with van der Waals surface area (Å²) in [5.41, 5.74) is 0.385. The predicted molar refractivity (Wildman–Crippen MR) is 123 cm³/mol. The highest BCUT2D eigenvalue weighted by Crippen LogP contribution is 2.28. The van der Waals surface area contributed by atoms with Crippen LogP contribution in [-0.2, 0) is 22.8 Å². The minimum Gasteiger partial charge on any atom is -0.494 e. The number of aliphatic hydroxyl groups is 1. The Kier molecular flexibility index (Phi) is 7.76. The van der Waals surface area contributed by atoms with E-state index in [0.29, 0.717) is 17.2 Å². The lowest BCUT2D eigenvalue weighted by Gasteiger charge is -2.14. The van der Waals surface area contributed by atoms with Gasteiger partial charge in [-0.05, 0) is 19.9 Å². The number of rotatable bonds is 10. The van der Waals surface area contributed by atoms with Crippen molar-refractivity contribution in [3.63, 3.8) is 0 Å². The summed E-state index contributed by atoms with van der Waals surface area (Å²) in [4.78, 5) is 12.7. The van der Waals surface area contributed by atoms with Crippen LogP contribution in [0.5, 0.6) is 5.75 Å². The number of anilines is 2. The molecule has 0 amide bonds. The molecule has 33 heavy (non-hydrogen) atoms. The number of thioether (sulfide) groups is 1. The smallest absolute Gasteiger partial charge is 0.282 e. The lowest BCUT2D eigenvalue weighted by atomic mass is 10.2. The van der Waals surface area contributed by atoms with Crippen LogP contribution in [-0.4, -0.2) is 52.8 Å². The molecular formula is C20H25FN6O4S2. The maximum atomic E-state index is 14.5. The Balaban J connectivity index is 1.89. The first-order valence-corrected chi connectivity index (χ1v) is 12.3. The van der Waals surface area contributed by atoms with Crippen molar-refractivity contribution < 1.29 is 22.7 Å². The Morgan fingerprint density at radius 3 is 2.64 bits per heavy atom. The summed E-state index contributed by atoms with van der Waals surface area (Å²) in [5.74, 6) is 0.675. The molecule has 10 nitrogen and oxygen atoms in total. The average molecular weight is 497 g/mol. The Hall–Kier alpha value is -2.90. The summed E-state index contributed by atoms with van der Waals surface area (Å²) in [7, 11) is -0.923. The zero-order valence-corrected chi connectivity index (χ0v) is 20.2. The molecule has 0 bridgehead atoms. The maximum absolute atomic E-state index is 14.5. The van der Waals surface area contributed by atoms with Gasteiger partial charge in [0.1, 0.15) is 17.5 Å².